The summed E-state index contributed by atoms with van der Waals surface area (Å²) in [5, 5.41) is 1.33. The Morgan fingerprint density at radius 3 is 2.59 bits per heavy atom. The van der Waals surface area contributed by atoms with E-state index >= 15 is 0 Å². The van der Waals surface area contributed by atoms with E-state index < -0.39 is 21.0 Å². The molecule has 0 saturated carbocycles. The van der Waals surface area contributed by atoms with E-state index in [1.807, 2.05) is 48.7 Å². The third-order valence-corrected chi connectivity index (χ3v) is 8.98. The number of hydrogen-bond acceptors (Lipinski definition) is 5. The lowest BCUT2D eigenvalue weighted by Crippen LogP contribution is -2.39. The van der Waals surface area contributed by atoms with Crippen molar-refractivity contribution in [3.8, 4) is 0 Å². The zero-order valence-corrected chi connectivity index (χ0v) is 17.9. The van der Waals surface area contributed by atoms with Crippen LogP contribution in [0.15, 0.2) is 41.8 Å². The third kappa shape index (κ3) is 4.09. The molecule has 6 nitrogen and oxygen atoms in total. The van der Waals surface area contributed by atoms with Gasteiger partial charge in [-0.2, -0.15) is 0 Å². The molecule has 1 aromatic heterocycles. The van der Waals surface area contributed by atoms with Gasteiger partial charge in [0.25, 0.3) is 0 Å². The smallest absolute Gasteiger partial charge is 0.228 e. The van der Waals surface area contributed by atoms with Gasteiger partial charge in [-0.15, -0.1) is 11.3 Å². The SMILES string of the molecule is Cc1ccc(N2CC(C(=O)N3CCC(c4cccs4)S(=O)(=O)CC3)CC2=O)cc1. The van der Waals surface area contributed by atoms with Crippen molar-refractivity contribution >= 4 is 38.7 Å². The maximum absolute atomic E-state index is 13.1. The first-order valence-electron chi connectivity index (χ1n) is 9.76. The molecule has 154 valence electrons. The maximum atomic E-state index is 13.1. The van der Waals surface area contributed by atoms with Crippen molar-refractivity contribution in [2.24, 2.45) is 5.92 Å². The zero-order valence-electron chi connectivity index (χ0n) is 16.3. The van der Waals surface area contributed by atoms with Crippen LogP contribution in [0.5, 0.6) is 0 Å². The van der Waals surface area contributed by atoms with Gasteiger partial charge in [-0.25, -0.2) is 8.42 Å². The number of nitrogens with zero attached hydrogens (tertiary/aromatic N) is 2. The third-order valence-electron chi connectivity index (χ3n) is 5.73. The molecule has 0 N–H and O–H groups in total. The molecule has 2 saturated heterocycles. The Bertz CT molecular complexity index is 1000. The van der Waals surface area contributed by atoms with E-state index in [9.17, 15) is 18.0 Å². The van der Waals surface area contributed by atoms with Crippen LogP contribution in [0, 0.1) is 12.8 Å². The highest BCUT2D eigenvalue weighted by Crippen LogP contribution is 2.33. The molecule has 0 bridgehead atoms. The fourth-order valence-electron chi connectivity index (χ4n) is 4.06. The lowest BCUT2D eigenvalue weighted by Gasteiger charge is -2.23. The standard InChI is InChI=1S/C21H24N2O4S2/c1-15-4-6-17(7-5-15)23-14-16(13-20(23)24)21(25)22-9-8-19(18-3-2-11-28-18)29(26,27)12-10-22/h2-7,11,16,19H,8-10,12-14H2,1H3. The van der Waals surface area contributed by atoms with Crippen LogP contribution in [0.1, 0.15) is 28.5 Å². The van der Waals surface area contributed by atoms with Crippen LogP contribution in [0.25, 0.3) is 0 Å². The predicted molar refractivity (Wildman–Crippen MR) is 114 cm³/mol. The summed E-state index contributed by atoms with van der Waals surface area (Å²) in [4.78, 5) is 29.7. The van der Waals surface area contributed by atoms with Crippen molar-refractivity contribution in [2.45, 2.75) is 25.0 Å². The first-order chi connectivity index (χ1) is 13.8. The van der Waals surface area contributed by atoms with E-state index in [0.29, 0.717) is 19.5 Å². The molecule has 4 rings (SSSR count). The topological polar surface area (TPSA) is 74.8 Å². The molecule has 0 spiro atoms. The number of aryl methyl sites for hydroxylation is 1. The van der Waals surface area contributed by atoms with E-state index in [-0.39, 0.29) is 30.5 Å². The summed E-state index contributed by atoms with van der Waals surface area (Å²) in [6.07, 6.45) is 0.571. The van der Waals surface area contributed by atoms with Crippen LogP contribution >= 0.6 is 11.3 Å². The normalized spacial score (nSPS) is 24.5. The summed E-state index contributed by atoms with van der Waals surface area (Å²) < 4.78 is 25.4. The van der Waals surface area contributed by atoms with Crippen LogP contribution in [0.2, 0.25) is 0 Å². The molecule has 2 atom stereocenters. The van der Waals surface area contributed by atoms with E-state index in [1.54, 1.807) is 9.80 Å². The van der Waals surface area contributed by atoms with Gasteiger partial charge >= 0.3 is 0 Å². The molecule has 2 unspecified atom stereocenters. The van der Waals surface area contributed by atoms with E-state index in [0.717, 1.165) is 16.1 Å². The quantitative estimate of drug-likeness (QED) is 0.748. The number of thiophene rings is 1. The average molecular weight is 433 g/mol. The Kier molecular flexibility index (Phi) is 5.48. The molecule has 2 amide bonds. The van der Waals surface area contributed by atoms with E-state index in [4.69, 9.17) is 0 Å². The number of carbonyl (C=O) groups is 2. The van der Waals surface area contributed by atoms with Crippen molar-refractivity contribution in [3.63, 3.8) is 0 Å². The largest absolute Gasteiger partial charge is 0.341 e. The molecular formula is C21H24N2O4S2. The number of amides is 2. The Labute approximate surface area is 175 Å². The van der Waals surface area contributed by atoms with Gasteiger partial charge in [0.05, 0.1) is 16.9 Å². The van der Waals surface area contributed by atoms with Crippen molar-refractivity contribution in [1.29, 1.82) is 0 Å². The molecule has 0 radical (unpaired) electrons. The Morgan fingerprint density at radius 1 is 1.14 bits per heavy atom. The molecule has 1 aromatic carbocycles. The zero-order chi connectivity index (χ0) is 20.6. The molecule has 8 heteroatoms. The van der Waals surface area contributed by atoms with Crippen molar-refractivity contribution < 1.29 is 18.0 Å². The Balaban J connectivity index is 1.46. The summed E-state index contributed by atoms with van der Waals surface area (Å²) >= 11 is 1.44. The second kappa shape index (κ2) is 7.91. The van der Waals surface area contributed by atoms with Crippen LogP contribution in [0.3, 0.4) is 0 Å². The maximum Gasteiger partial charge on any atom is 0.228 e. The minimum Gasteiger partial charge on any atom is -0.341 e. The predicted octanol–water partition coefficient (Wildman–Crippen LogP) is 2.80. The molecule has 2 aliphatic rings. The molecule has 3 heterocycles. The Hall–Kier alpha value is -2.19. The minimum atomic E-state index is -3.30. The number of hydrogen-bond donors (Lipinski definition) is 0. The fourth-order valence-corrected chi connectivity index (χ4v) is 7.07. The van der Waals surface area contributed by atoms with E-state index in [2.05, 4.69) is 0 Å². The number of anilines is 1. The van der Waals surface area contributed by atoms with Crippen LogP contribution in [-0.2, 0) is 19.4 Å². The van der Waals surface area contributed by atoms with Gasteiger partial charge in [-0.3, -0.25) is 9.59 Å². The van der Waals surface area contributed by atoms with Crippen LogP contribution < -0.4 is 4.90 Å². The first kappa shape index (κ1) is 20.1. The number of benzene rings is 1. The van der Waals surface area contributed by atoms with Gasteiger partial charge in [0.2, 0.25) is 11.8 Å². The molecule has 2 aromatic rings. The molecule has 2 aliphatic heterocycles. The highest BCUT2D eigenvalue weighted by atomic mass is 32.2. The lowest BCUT2D eigenvalue weighted by molar-refractivity contribution is -0.135. The van der Waals surface area contributed by atoms with Crippen LogP contribution in [0.4, 0.5) is 5.69 Å². The number of sulfone groups is 1. The van der Waals surface area contributed by atoms with Gasteiger partial charge in [0, 0.05) is 36.6 Å². The summed E-state index contributed by atoms with van der Waals surface area (Å²) in [7, 11) is -3.30. The van der Waals surface area contributed by atoms with Gasteiger partial charge < -0.3 is 9.80 Å². The second-order valence-electron chi connectivity index (χ2n) is 7.73. The summed E-state index contributed by atoms with van der Waals surface area (Å²) in [6.45, 7) is 2.92. The van der Waals surface area contributed by atoms with Crippen molar-refractivity contribution in [3.05, 3.63) is 52.2 Å². The molecular weight excluding hydrogens is 408 g/mol. The highest BCUT2D eigenvalue weighted by Gasteiger charge is 2.39. The highest BCUT2D eigenvalue weighted by molar-refractivity contribution is 7.91. The monoisotopic (exact) mass is 432 g/mol. The summed E-state index contributed by atoms with van der Waals surface area (Å²) in [5.74, 6) is -0.644. The van der Waals surface area contributed by atoms with E-state index in [1.165, 1.54) is 11.3 Å². The van der Waals surface area contributed by atoms with Gasteiger partial charge in [0.1, 0.15) is 0 Å². The van der Waals surface area contributed by atoms with Gasteiger partial charge in [0.15, 0.2) is 9.84 Å². The first-order valence-corrected chi connectivity index (χ1v) is 12.4. The summed E-state index contributed by atoms with van der Waals surface area (Å²) in [5.41, 5.74) is 1.91. The Morgan fingerprint density at radius 2 is 1.90 bits per heavy atom. The van der Waals surface area contributed by atoms with Crippen LogP contribution in [-0.4, -0.2) is 50.5 Å². The molecule has 2 fully saturated rings. The van der Waals surface area contributed by atoms with Gasteiger partial charge in [-0.1, -0.05) is 23.8 Å². The van der Waals surface area contributed by atoms with Crippen molar-refractivity contribution in [2.75, 3.05) is 30.3 Å². The molecule has 0 aliphatic carbocycles. The van der Waals surface area contributed by atoms with Crippen molar-refractivity contribution in [1.82, 2.24) is 4.90 Å². The molecule has 29 heavy (non-hydrogen) atoms. The summed E-state index contributed by atoms with van der Waals surface area (Å²) in [6, 6.07) is 11.4. The minimum absolute atomic E-state index is 0.0380. The number of rotatable bonds is 3. The lowest BCUT2D eigenvalue weighted by atomic mass is 10.1. The second-order valence-corrected chi connectivity index (χ2v) is 11.0. The average Bonchev–Trinajstić information content (AvgIpc) is 3.31. The fraction of sp³-hybridized carbons (Fsp3) is 0.429. The number of carbonyl (C=O) groups excluding carboxylic acids is 2. The van der Waals surface area contributed by atoms with Gasteiger partial charge in [-0.05, 0) is 36.9 Å².